The van der Waals surface area contributed by atoms with Crippen molar-refractivity contribution in [1.82, 2.24) is 10.2 Å². The van der Waals surface area contributed by atoms with Crippen molar-refractivity contribution in [1.29, 1.82) is 0 Å². The molecule has 1 rings (SSSR count). The van der Waals surface area contributed by atoms with E-state index in [1.807, 2.05) is 6.08 Å². The Balaban J connectivity index is 2.15. The SMILES string of the molecule is C=CCN1CCCC(CNCC(C)C)C1. The summed E-state index contributed by atoms with van der Waals surface area (Å²) in [6.45, 7) is 14.2. The van der Waals surface area contributed by atoms with Gasteiger partial charge in [0.25, 0.3) is 0 Å². The minimum atomic E-state index is 0.762. The van der Waals surface area contributed by atoms with Crippen LogP contribution in [0.25, 0.3) is 0 Å². The topological polar surface area (TPSA) is 15.3 Å². The summed E-state index contributed by atoms with van der Waals surface area (Å²) in [4.78, 5) is 2.51. The van der Waals surface area contributed by atoms with E-state index in [9.17, 15) is 0 Å². The average molecular weight is 210 g/mol. The van der Waals surface area contributed by atoms with Crippen molar-refractivity contribution in [3.05, 3.63) is 12.7 Å². The third-order valence-corrected chi connectivity index (χ3v) is 2.98. The summed E-state index contributed by atoms with van der Waals surface area (Å²) in [6, 6.07) is 0. The van der Waals surface area contributed by atoms with Gasteiger partial charge in [-0.1, -0.05) is 19.9 Å². The summed E-state index contributed by atoms with van der Waals surface area (Å²) >= 11 is 0. The summed E-state index contributed by atoms with van der Waals surface area (Å²) in [5, 5.41) is 3.56. The minimum Gasteiger partial charge on any atom is -0.316 e. The zero-order valence-electron chi connectivity index (χ0n) is 10.3. The van der Waals surface area contributed by atoms with Crippen molar-refractivity contribution in [3.8, 4) is 0 Å². The second-order valence-electron chi connectivity index (χ2n) is 5.11. The highest BCUT2D eigenvalue weighted by Gasteiger charge is 2.18. The number of hydrogen-bond donors (Lipinski definition) is 1. The van der Waals surface area contributed by atoms with Gasteiger partial charge in [0.15, 0.2) is 0 Å². The lowest BCUT2D eigenvalue weighted by atomic mass is 9.98. The van der Waals surface area contributed by atoms with E-state index in [1.54, 1.807) is 0 Å². The van der Waals surface area contributed by atoms with Gasteiger partial charge < -0.3 is 5.32 Å². The number of piperidine rings is 1. The molecule has 0 aromatic rings. The van der Waals surface area contributed by atoms with Crippen LogP contribution in [0.15, 0.2) is 12.7 Å². The van der Waals surface area contributed by atoms with Crippen molar-refractivity contribution in [2.45, 2.75) is 26.7 Å². The zero-order chi connectivity index (χ0) is 11.1. The number of rotatable bonds is 6. The Labute approximate surface area is 94.7 Å². The molecule has 1 unspecified atom stereocenters. The fraction of sp³-hybridized carbons (Fsp3) is 0.846. The van der Waals surface area contributed by atoms with Crippen LogP contribution >= 0.6 is 0 Å². The van der Waals surface area contributed by atoms with E-state index >= 15 is 0 Å². The van der Waals surface area contributed by atoms with Gasteiger partial charge in [-0.3, -0.25) is 4.90 Å². The Bertz CT molecular complexity index is 177. The molecule has 0 radical (unpaired) electrons. The van der Waals surface area contributed by atoms with Crippen LogP contribution in [-0.2, 0) is 0 Å². The monoisotopic (exact) mass is 210 g/mol. The van der Waals surface area contributed by atoms with Crippen molar-refractivity contribution in [3.63, 3.8) is 0 Å². The highest BCUT2D eigenvalue weighted by molar-refractivity contribution is 4.80. The summed E-state index contributed by atoms with van der Waals surface area (Å²) in [7, 11) is 0. The van der Waals surface area contributed by atoms with Gasteiger partial charge in [-0.05, 0) is 44.3 Å². The van der Waals surface area contributed by atoms with Crippen molar-refractivity contribution in [2.75, 3.05) is 32.7 Å². The van der Waals surface area contributed by atoms with Crippen molar-refractivity contribution < 1.29 is 0 Å². The first kappa shape index (κ1) is 12.7. The predicted molar refractivity (Wildman–Crippen MR) is 67.1 cm³/mol. The molecule has 0 spiro atoms. The quantitative estimate of drug-likeness (QED) is 0.676. The van der Waals surface area contributed by atoms with Crippen LogP contribution in [-0.4, -0.2) is 37.6 Å². The van der Waals surface area contributed by atoms with E-state index in [2.05, 4.69) is 30.6 Å². The fourth-order valence-electron chi connectivity index (χ4n) is 2.24. The third kappa shape index (κ3) is 5.33. The molecule has 15 heavy (non-hydrogen) atoms. The Kier molecular flexibility index (Phi) is 5.96. The molecule has 1 atom stereocenters. The standard InChI is InChI=1S/C13H26N2/c1-4-7-15-8-5-6-13(11-15)10-14-9-12(2)3/h4,12-14H,1,5-11H2,2-3H3. The van der Waals surface area contributed by atoms with Crippen LogP contribution in [0.5, 0.6) is 0 Å². The van der Waals surface area contributed by atoms with E-state index in [4.69, 9.17) is 0 Å². The maximum Gasteiger partial charge on any atom is 0.0160 e. The molecule has 88 valence electrons. The molecule has 0 aliphatic carbocycles. The number of nitrogens with zero attached hydrogens (tertiary/aromatic N) is 1. The van der Waals surface area contributed by atoms with Crippen LogP contribution in [0.2, 0.25) is 0 Å². The predicted octanol–water partition coefficient (Wildman–Crippen LogP) is 2.13. The van der Waals surface area contributed by atoms with Crippen LogP contribution in [0, 0.1) is 11.8 Å². The number of nitrogens with one attached hydrogen (secondary N) is 1. The van der Waals surface area contributed by atoms with Gasteiger partial charge in [0.2, 0.25) is 0 Å². The van der Waals surface area contributed by atoms with Crippen LogP contribution in [0.4, 0.5) is 0 Å². The fourth-order valence-corrected chi connectivity index (χ4v) is 2.24. The number of likely N-dealkylation sites (tertiary alicyclic amines) is 1. The largest absolute Gasteiger partial charge is 0.316 e. The Morgan fingerprint density at radius 2 is 2.33 bits per heavy atom. The molecule has 1 heterocycles. The molecule has 1 N–H and O–H groups in total. The Hall–Kier alpha value is -0.340. The van der Waals surface area contributed by atoms with E-state index in [-0.39, 0.29) is 0 Å². The lowest BCUT2D eigenvalue weighted by Crippen LogP contribution is -2.40. The molecular weight excluding hydrogens is 184 g/mol. The van der Waals surface area contributed by atoms with Crippen LogP contribution in [0.1, 0.15) is 26.7 Å². The van der Waals surface area contributed by atoms with E-state index in [0.29, 0.717) is 0 Å². The normalized spacial score (nSPS) is 23.3. The van der Waals surface area contributed by atoms with Crippen molar-refractivity contribution in [2.24, 2.45) is 11.8 Å². The van der Waals surface area contributed by atoms with Gasteiger partial charge in [-0.2, -0.15) is 0 Å². The van der Waals surface area contributed by atoms with Gasteiger partial charge in [0.05, 0.1) is 0 Å². The van der Waals surface area contributed by atoms with Crippen LogP contribution in [0.3, 0.4) is 0 Å². The maximum atomic E-state index is 3.81. The van der Waals surface area contributed by atoms with Gasteiger partial charge in [0.1, 0.15) is 0 Å². The van der Waals surface area contributed by atoms with Gasteiger partial charge in [0, 0.05) is 13.1 Å². The molecule has 1 aliphatic heterocycles. The summed E-state index contributed by atoms with van der Waals surface area (Å²) < 4.78 is 0. The highest BCUT2D eigenvalue weighted by atomic mass is 15.1. The second-order valence-corrected chi connectivity index (χ2v) is 5.11. The highest BCUT2D eigenvalue weighted by Crippen LogP contribution is 2.15. The number of hydrogen-bond acceptors (Lipinski definition) is 2. The van der Waals surface area contributed by atoms with Gasteiger partial charge in [-0.25, -0.2) is 0 Å². The molecule has 2 nitrogen and oxygen atoms in total. The average Bonchev–Trinajstić information content (AvgIpc) is 2.18. The lowest BCUT2D eigenvalue weighted by Gasteiger charge is -2.32. The van der Waals surface area contributed by atoms with Crippen LogP contribution < -0.4 is 5.32 Å². The molecule has 1 aliphatic rings. The molecule has 0 aromatic heterocycles. The first-order chi connectivity index (χ1) is 7.22. The first-order valence-electron chi connectivity index (χ1n) is 6.26. The van der Waals surface area contributed by atoms with Gasteiger partial charge in [-0.15, -0.1) is 6.58 Å². The molecule has 1 saturated heterocycles. The molecule has 2 heteroatoms. The van der Waals surface area contributed by atoms with E-state index in [0.717, 1.165) is 24.9 Å². The Morgan fingerprint density at radius 3 is 3.00 bits per heavy atom. The molecule has 0 bridgehead atoms. The summed E-state index contributed by atoms with van der Waals surface area (Å²) in [5.41, 5.74) is 0. The zero-order valence-corrected chi connectivity index (χ0v) is 10.3. The first-order valence-corrected chi connectivity index (χ1v) is 6.26. The second kappa shape index (κ2) is 7.02. The summed E-state index contributed by atoms with van der Waals surface area (Å²) in [6.07, 6.45) is 4.75. The molecular formula is C13H26N2. The lowest BCUT2D eigenvalue weighted by molar-refractivity contribution is 0.187. The molecule has 1 fully saturated rings. The molecule has 0 saturated carbocycles. The third-order valence-electron chi connectivity index (χ3n) is 2.98. The van der Waals surface area contributed by atoms with E-state index in [1.165, 1.54) is 32.5 Å². The Morgan fingerprint density at radius 1 is 1.53 bits per heavy atom. The van der Waals surface area contributed by atoms with Crippen molar-refractivity contribution >= 4 is 0 Å². The van der Waals surface area contributed by atoms with Gasteiger partial charge >= 0.3 is 0 Å². The maximum absolute atomic E-state index is 3.81. The molecule has 0 amide bonds. The smallest absolute Gasteiger partial charge is 0.0160 e. The molecule has 0 aromatic carbocycles. The summed E-state index contributed by atoms with van der Waals surface area (Å²) in [5.74, 6) is 1.61. The minimum absolute atomic E-state index is 0.762. The van der Waals surface area contributed by atoms with E-state index < -0.39 is 0 Å².